The van der Waals surface area contributed by atoms with Gasteiger partial charge in [-0.15, -0.1) is 11.8 Å². The molecule has 5 nitrogen and oxygen atoms in total. The predicted molar refractivity (Wildman–Crippen MR) is 112 cm³/mol. The van der Waals surface area contributed by atoms with Crippen molar-refractivity contribution < 1.29 is 9.59 Å². The Morgan fingerprint density at radius 1 is 1.25 bits per heavy atom. The number of nitrogens with one attached hydrogen (secondary N) is 2. The van der Waals surface area contributed by atoms with Crippen LogP contribution in [-0.4, -0.2) is 33.5 Å². The number of aromatic nitrogens is 1. The molecule has 2 aliphatic heterocycles. The molecular formula is C21H18ClN3O2S. The van der Waals surface area contributed by atoms with Crippen LogP contribution >= 0.6 is 23.4 Å². The fourth-order valence-corrected chi connectivity index (χ4v) is 5.18. The summed E-state index contributed by atoms with van der Waals surface area (Å²) in [7, 11) is 0. The zero-order valence-corrected chi connectivity index (χ0v) is 16.6. The molecule has 1 unspecified atom stereocenters. The summed E-state index contributed by atoms with van der Waals surface area (Å²) in [4.78, 5) is 31.7. The number of hydrogen-bond acceptors (Lipinski definition) is 3. The summed E-state index contributed by atoms with van der Waals surface area (Å²) in [5.74, 6) is -0.126. The average Bonchev–Trinajstić information content (AvgIpc) is 3.06. The number of amides is 2. The highest BCUT2D eigenvalue weighted by molar-refractivity contribution is 8.01. The number of carbonyl (C=O) groups is 2. The molecule has 2 N–H and O–H groups in total. The summed E-state index contributed by atoms with van der Waals surface area (Å²) in [5.41, 5.74) is 4.23. The van der Waals surface area contributed by atoms with E-state index in [0.717, 1.165) is 16.8 Å². The highest BCUT2D eigenvalue weighted by Gasteiger charge is 2.32. The number of aromatic amines is 1. The molecular weight excluding hydrogens is 394 g/mol. The first kappa shape index (κ1) is 17.6. The van der Waals surface area contributed by atoms with Crippen molar-refractivity contribution in [2.45, 2.75) is 29.5 Å². The van der Waals surface area contributed by atoms with Crippen LogP contribution in [0.1, 0.15) is 17.7 Å². The van der Waals surface area contributed by atoms with Gasteiger partial charge in [0.25, 0.3) is 0 Å². The van der Waals surface area contributed by atoms with Crippen LogP contribution in [0.4, 0.5) is 5.69 Å². The third-order valence-corrected chi connectivity index (χ3v) is 6.87. The lowest BCUT2D eigenvalue weighted by Gasteiger charge is -2.30. The summed E-state index contributed by atoms with van der Waals surface area (Å²) >= 11 is 7.43. The standard InChI is InChI=1S/C21H18ClN3O2S/c22-12-5-6-18-17(9-12)24-21(27)19(28-18)10-20(26)25-8-7-16-14(11-25)13-3-1-2-4-15(13)23-16/h1-6,9,19,23H,7-8,10-11H2,(H,24,27). The van der Waals surface area contributed by atoms with Gasteiger partial charge in [-0.25, -0.2) is 0 Å². The quantitative estimate of drug-likeness (QED) is 0.663. The van der Waals surface area contributed by atoms with Crippen LogP contribution < -0.4 is 5.32 Å². The number of anilines is 1. The minimum atomic E-state index is -0.425. The molecule has 0 fully saturated rings. The maximum absolute atomic E-state index is 12.9. The zero-order chi connectivity index (χ0) is 19.3. The lowest BCUT2D eigenvalue weighted by Crippen LogP contribution is -2.40. The van der Waals surface area contributed by atoms with Gasteiger partial charge in [0.2, 0.25) is 11.8 Å². The minimum absolute atomic E-state index is 0.0148. The molecule has 1 aromatic heterocycles. The van der Waals surface area contributed by atoms with Crippen LogP contribution in [0, 0.1) is 0 Å². The zero-order valence-electron chi connectivity index (χ0n) is 15.0. The SMILES string of the molecule is O=C1Nc2cc(Cl)ccc2SC1CC(=O)N1CCc2[nH]c3ccccc3c2C1. The summed E-state index contributed by atoms with van der Waals surface area (Å²) in [6.45, 7) is 1.26. The Kier molecular flexibility index (Phi) is 4.33. The molecule has 1 atom stereocenters. The number of rotatable bonds is 2. The largest absolute Gasteiger partial charge is 0.358 e. The van der Waals surface area contributed by atoms with Crippen molar-refractivity contribution in [3.63, 3.8) is 0 Å². The highest BCUT2D eigenvalue weighted by atomic mass is 35.5. The number of halogens is 1. The lowest BCUT2D eigenvalue weighted by molar-refractivity contribution is -0.133. The molecule has 3 aromatic rings. The molecule has 0 bridgehead atoms. The number of thioether (sulfide) groups is 1. The molecule has 142 valence electrons. The molecule has 3 heterocycles. The third kappa shape index (κ3) is 3.06. The maximum atomic E-state index is 12.9. The molecule has 5 rings (SSSR count). The number of fused-ring (bicyclic) bond motifs is 4. The Bertz CT molecular complexity index is 1110. The molecule has 0 spiro atoms. The van der Waals surface area contributed by atoms with Crippen LogP contribution in [0.2, 0.25) is 5.02 Å². The van der Waals surface area contributed by atoms with E-state index in [0.29, 0.717) is 23.8 Å². The van der Waals surface area contributed by atoms with Crippen LogP contribution in [-0.2, 0) is 22.6 Å². The summed E-state index contributed by atoms with van der Waals surface area (Å²) < 4.78 is 0. The van der Waals surface area contributed by atoms with Gasteiger partial charge >= 0.3 is 0 Å². The Labute approximate surface area is 171 Å². The van der Waals surface area contributed by atoms with Crippen molar-refractivity contribution >= 4 is 51.8 Å². The van der Waals surface area contributed by atoms with Crippen molar-refractivity contribution in [1.29, 1.82) is 0 Å². The molecule has 0 radical (unpaired) electrons. The van der Waals surface area contributed by atoms with E-state index in [2.05, 4.69) is 22.4 Å². The van der Waals surface area contributed by atoms with E-state index in [1.54, 1.807) is 12.1 Å². The van der Waals surface area contributed by atoms with Crippen LogP contribution in [0.15, 0.2) is 47.4 Å². The molecule has 7 heteroatoms. The Balaban J connectivity index is 1.32. The van der Waals surface area contributed by atoms with Crippen molar-refractivity contribution in [3.8, 4) is 0 Å². The van der Waals surface area contributed by atoms with Crippen LogP contribution in [0.3, 0.4) is 0 Å². The molecule has 28 heavy (non-hydrogen) atoms. The first-order valence-electron chi connectivity index (χ1n) is 9.22. The summed E-state index contributed by atoms with van der Waals surface area (Å²) in [6.07, 6.45) is 0.997. The van der Waals surface area contributed by atoms with Gasteiger partial charge in [0.15, 0.2) is 0 Å². The second-order valence-corrected chi connectivity index (χ2v) is 8.81. The van der Waals surface area contributed by atoms with E-state index in [-0.39, 0.29) is 18.2 Å². The van der Waals surface area contributed by atoms with E-state index in [4.69, 9.17) is 11.6 Å². The number of hydrogen-bond donors (Lipinski definition) is 2. The summed E-state index contributed by atoms with van der Waals surface area (Å²) in [6, 6.07) is 13.6. The van der Waals surface area contributed by atoms with Crippen LogP contribution in [0.5, 0.6) is 0 Å². The predicted octanol–water partition coefficient (Wildman–Crippen LogP) is 4.21. The lowest BCUT2D eigenvalue weighted by atomic mass is 10.0. The van der Waals surface area contributed by atoms with E-state index in [9.17, 15) is 9.59 Å². The number of benzene rings is 2. The van der Waals surface area contributed by atoms with Crippen molar-refractivity contribution in [1.82, 2.24) is 9.88 Å². The third-order valence-electron chi connectivity index (χ3n) is 5.36. The molecule has 0 saturated carbocycles. The maximum Gasteiger partial charge on any atom is 0.238 e. The number of H-pyrrole nitrogens is 1. The van der Waals surface area contributed by atoms with Gasteiger partial charge in [0, 0.05) is 58.0 Å². The van der Waals surface area contributed by atoms with Gasteiger partial charge in [-0.05, 0) is 24.3 Å². The van der Waals surface area contributed by atoms with E-state index >= 15 is 0 Å². The molecule has 0 aliphatic carbocycles. The first-order valence-corrected chi connectivity index (χ1v) is 10.5. The van der Waals surface area contributed by atoms with Gasteiger partial charge in [0.1, 0.15) is 0 Å². The van der Waals surface area contributed by atoms with Gasteiger partial charge in [-0.3, -0.25) is 9.59 Å². The van der Waals surface area contributed by atoms with E-state index in [1.165, 1.54) is 28.4 Å². The van der Waals surface area contributed by atoms with E-state index < -0.39 is 5.25 Å². The molecule has 2 amide bonds. The fourth-order valence-electron chi connectivity index (χ4n) is 3.92. The number of carbonyl (C=O) groups excluding carboxylic acids is 2. The van der Waals surface area contributed by atoms with Crippen molar-refractivity contribution in [2.24, 2.45) is 0 Å². The number of nitrogens with zero attached hydrogens (tertiary/aromatic N) is 1. The van der Waals surface area contributed by atoms with Crippen LogP contribution in [0.25, 0.3) is 10.9 Å². The average molecular weight is 412 g/mol. The highest BCUT2D eigenvalue weighted by Crippen LogP contribution is 2.38. The second kappa shape index (κ2) is 6.87. The fraction of sp³-hybridized carbons (Fsp3) is 0.238. The van der Waals surface area contributed by atoms with Gasteiger partial charge in [0.05, 0.1) is 10.9 Å². The smallest absolute Gasteiger partial charge is 0.238 e. The normalized spacial score (nSPS) is 18.5. The van der Waals surface area contributed by atoms with Gasteiger partial charge < -0.3 is 15.2 Å². The Morgan fingerprint density at radius 3 is 3.00 bits per heavy atom. The topological polar surface area (TPSA) is 65.2 Å². The monoisotopic (exact) mass is 411 g/mol. The Morgan fingerprint density at radius 2 is 2.11 bits per heavy atom. The molecule has 2 aromatic carbocycles. The van der Waals surface area contributed by atoms with Gasteiger partial charge in [-0.1, -0.05) is 29.8 Å². The Hall–Kier alpha value is -2.44. The first-order chi connectivity index (χ1) is 13.6. The van der Waals surface area contributed by atoms with Gasteiger partial charge in [-0.2, -0.15) is 0 Å². The summed E-state index contributed by atoms with van der Waals surface area (Å²) in [5, 5.41) is 4.20. The molecule has 0 saturated heterocycles. The number of para-hydroxylation sites is 1. The van der Waals surface area contributed by atoms with E-state index in [1.807, 2.05) is 23.1 Å². The van der Waals surface area contributed by atoms with Crippen molar-refractivity contribution in [2.75, 3.05) is 11.9 Å². The minimum Gasteiger partial charge on any atom is -0.358 e. The molecule has 2 aliphatic rings. The van der Waals surface area contributed by atoms with Crippen molar-refractivity contribution in [3.05, 3.63) is 58.7 Å². The second-order valence-electron chi connectivity index (χ2n) is 7.13.